The van der Waals surface area contributed by atoms with Gasteiger partial charge in [-0.05, 0) is 32.3 Å². The van der Waals surface area contributed by atoms with Gasteiger partial charge in [-0.1, -0.05) is 11.8 Å². The molecule has 1 aromatic rings. The van der Waals surface area contributed by atoms with Crippen molar-refractivity contribution in [3.8, 4) is 0 Å². The molecule has 0 radical (unpaired) electrons. The molecule has 4 nitrogen and oxygen atoms in total. The van der Waals surface area contributed by atoms with Crippen molar-refractivity contribution in [3.63, 3.8) is 0 Å². The smallest absolute Gasteiger partial charge is 0.309 e. The monoisotopic (exact) mass is 232 g/mol. The Kier molecular flexibility index (Phi) is 3.49. The first-order valence-electron chi connectivity index (χ1n) is 4.08. The van der Waals surface area contributed by atoms with E-state index in [-0.39, 0.29) is 0 Å². The van der Waals surface area contributed by atoms with Gasteiger partial charge in [0.1, 0.15) is 5.82 Å². The van der Waals surface area contributed by atoms with E-state index in [1.54, 1.807) is 13.8 Å². The summed E-state index contributed by atoms with van der Waals surface area (Å²) in [7, 11) is 0. The van der Waals surface area contributed by atoms with Gasteiger partial charge in [0.05, 0.1) is 5.41 Å². The minimum Gasteiger partial charge on any atom is -0.481 e. The number of hydrogen-bond donors (Lipinski definition) is 1. The molecule has 0 spiro atoms. The van der Waals surface area contributed by atoms with Crippen LogP contribution in [0.3, 0.4) is 0 Å². The molecule has 0 fully saturated rings. The molecular formula is C8H12N2O2S2. The van der Waals surface area contributed by atoms with E-state index in [0.29, 0.717) is 5.75 Å². The highest BCUT2D eigenvalue weighted by Crippen LogP contribution is 2.28. The molecule has 78 valence electrons. The summed E-state index contributed by atoms with van der Waals surface area (Å²) < 4.78 is 4.85. The summed E-state index contributed by atoms with van der Waals surface area (Å²) >= 11 is 2.75. The largest absolute Gasteiger partial charge is 0.481 e. The molecule has 0 bridgehead atoms. The predicted octanol–water partition coefficient (Wildman–Crippen LogP) is 2.05. The van der Waals surface area contributed by atoms with E-state index < -0.39 is 11.4 Å². The van der Waals surface area contributed by atoms with E-state index in [2.05, 4.69) is 9.36 Å². The second-order valence-corrected chi connectivity index (χ2v) is 5.56. The number of rotatable bonds is 4. The van der Waals surface area contributed by atoms with E-state index in [0.717, 1.165) is 10.2 Å². The van der Waals surface area contributed by atoms with Gasteiger partial charge >= 0.3 is 5.97 Å². The van der Waals surface area contributed by atoms with Crippen molar-refractivity contribution in [1.82, 2.24) is 9.36 Å². The second-order valence-electron chi connectivity index (χ2n) is 3.59. The summed E-state index contributed by atoms with van der Waals surface area (Å²) in [4.78, 5) is 15.0. The van der Waals surface area contributed by atoms with Crippen LogP contribution in [-0.4, -0.2) is 26.2 Å². The van der Waals surface area contributed by atoms with Crippen molar-refractivity contribution in [2.24, 2.45) is 5.41 Å². The number of thioether (sulfide) groups is 1. The van der Waals surface area contributed by atoms with Crippen LogP contribution in [0.1, 0.15) is 19.7 Å². The van der Waals surface area contributed by atoms with Gasteiger partial charge in [-0.15, -0.1) is 0 Å². The third-order valence-electron chi connectivity index (χ3n) is 1.64. The number of nitrogens with zero attached hydrogens (tertiary/aromatic N) is 2. The first kappa shape index (κ1) is 11.5. The summed E-state index contributed by atoms with van der Waals surface area (Å²) in [5.41, 5.74) is -0.718. The van der Waals surface area contributed by atoms with Crippen molar-refractivity contribution in [2.45, 2.75) is 25.1 Å². The number of carboxylic acid groups (broad SMARTS) is 1. The van der Waals surface area contributed by atoms with Crippen molar-refractivity contribution in [2.75, 3.05) is 5.75 Å². The van der Waals surface area contributed by atoms with Gasteiger partial charge in [0.15, 0.2) is 4.34 Å². The van der Waals surface area contributed by atoms with Gasteiger partial charge < -0.3 is 5.11 Å². The average molecular weight is 232 g/mol. The minimum absolute atomic E-state index is 0.511. The Balaban J connectivity index is 2.52. The SMILES string of the molecule is Cc1nsc(SCC(C)(C)C(=O)O)n1. The molecule has 0 aliphatic carbocycles. The second kappa shape index (κ2) is 4.27. The lowest BCUT2D eigenvalue weighted by atomic mass is 9.97. The molecule has 0 saturated carbocycles. The molecule has 0 aliphatic heterocycles. The van der Waals surface area contributed by atoms with Crippen LogP contribution in [0.25, 0.3) is 0 Å². The van der Waals surface area contributed by atoms with Gasteiger partial charge in [-0.2, -0.15) is 4.37 Å². The highest BCUT2D eigenvalue weighted by atomic mass is 32.2. The number of hydrogen-bond acceptors (Lipinski definition) is 5. The van der Waals surface area contributed by atoms with Gasteiger partial charge in [0, 0.05) is 5.75 Å². The van der Waals surface area contributed by atoms with Crippen LogP contribution in [0.5, 0.6) is 0 Å². The molecule has 0 amide bonds. The zero-order valence-electron chi connectivity index (χ0n) is 8.27. The van der Waals surface area contributed by atoms with Crippen LogP contribution in [-0.2, 0) is 4.79 Å². The Bertz CT molecular complexity index is 336. The first-order chi connectivity index (χ1) is 6.42. The van der Waals surface area contributed by atoms with Crippen LogP contribution in [0.15, 0.2) is 4.34 Å². The molecule has 1 aromatic heterocycles. The summed E-state index contributed by atoms with van der Waals surface area (Å²) in [5.74, 6) is 0.466. The topological polar surface area (TPSA) is 63.1 Å². The quantitative estimate of drug-likeness (QED) is 0.805. The first-order valence-corrected chi connectivity index (χ1v) is 5.84. The van der Waals surface area contributed by atoms with Crippen molar-refractivity contribution < 1.29 is 9.90 Å². The third kappa shape index (κ3) is 2.95. The van der Waals surface area contributed by atoms with Crippen molar-refractivity contribution in [3.05, 3.63) is 5.82 Å². The van der Waals surface area contributed by atoms with E-state index in [4.69, 9.17) is 5.11 Å². The fourth-order valence-corrected chi connectivity index (χ4v) is 2.37. The van der Waals surface area contributed by atoms with Gasteiger partial charge in [0.2, 0.25) is 0 Å². The van der Waals surface area contributed by atoms with Crippen LogP contribution < -0.4 is 0 Å². The molecule has 0 atom stereocenters. The lowest BCUT2D eigenvalue weighted by Crippen LogP contribution is -2.26. The number of carbonyl (C=O) groups is 1. The highest BCUT2D eigenvalue weighted by Gasteiger charge is 2.27. The van der Waals surface area contributed by atoms with Gasteiger partial charge in [-0.25, -0.2) is 4.98 Å². The van der Waals surface area contributed by atoms with Crippen LogP contribution in [0.4, 0.5) is 0 Å². The number of aromatic nitrogens is 2. The molecule has 1 rings (SSSR count). The summed E-state index contributed by atoms with van der Waals surface area (Å²) in [6, 6.07) is 0. The molecule has 0 aliphatic rings. The lowest BCUT2D eigenvalue weighted by Gasteiger charge is -2.16. The number of aliphatic carboxylic acids is 1. The normalized spacial score (nSPS) is 11.6. The Labute approximate surface area is 90.9 Å². The zero-order chi connectivity index (χ0) is 10.8. The number of aryl methyl sites for hydroxylation is 1. The van der Waals surface area contributed by atoms with Crippen LogP contribution >= 0.6 is 23.3 Å². The molecule has 0 saturated heterocycles. The molecule has 0 unspecified atom stereocenters. The molecule has 6 heteroatoms. The standard InChI is InChI=1S/C8H12N2O2S2/c1-5-9-7(14-10-5)13-4-8(2,3)6(11)12/h4H2,1-3H3,(H,11,12). The third-order valence-corrected chi connectivity index (χ3v) is 4.03. The van der Waals surface area contributed by atoms with Crippen LogP contribution in [0.2, 0.25) is 0 Å². The maximum atomic E-state index is 10.8. The number of carboxylic acids is 1. The fourth-order valence-electron chi connectivity index (χ4n) is 0.641. The van der Waals surface area contributed by atoms with Gasteiger partial charge in [0.25, 0.3) is 0 Å². The fraction of sp³-hybridized carbons (Fsp3) is 0.625. The Hall–Kier alpha value is -0.620. The van der Waals surface area contributed by atoms with Gasteiger partial charge in [-0.3, -0.25) is 4.79 Å². The Morgan fingerprint density at radius 1 is 1.64 bits per heavy atom. The summed E-state index contributed by atoms with van der Waals surface area (Å²) in [6.45, 7) is 5.23. The minimum atomic E-state index is -0.786. The molecular weight excluding hydrogens is 220 g/mol. The maximum absolute atomic E-state index is 10.8. The highest BCUT2D eigenvalue weighted by molar-refractivity contribution is 8.01. The molecule has 0 aromatic carbocycles. The molecule has 1 N–H and O–H groups in total. The Morgan fingerprint density at radius 3 is 2.71 bits per heavy atom. The van der Waals surface area contributed by atoms with E-state index in [9.17, 15) is 4.79 Å². The molecule has 1 heterocycles. The van der Waals surface area contributed by atoms with Crippen molar-refractivity contribution >= 4 is 29.3 Å². The van der Waals surface area contributed by atoms with Crippen molar-refractivity contribution in [1.29, 1.82) is 0 Å². The lowest BCUT2D eigenvalue weighted by molar-refractivity contribution is -0.145. The average Bonchev–Trinajstić information content (AvgIpc) is 2.48. The molecule has 14 heavy (non-hydrogen) atoms. The van der Waals surface area contributed by atoms with E-state index >= 15 is 0 Å². The van der Waals surface area contributed by atoms with Crippen LogP contribution in [0, 0.1) is 12.3 Å². The summed E-state index contributed by atoms with van der Waals surface area (Å²) in [5, 5.41) is 8.88. The van der Waals surface area contributed by atoms with E-state index in [1.807, 2.05) is 6.92 Å². The summed E-state index contributed by atoms with van der Waals surface area (Å²) in [6.07, 6.45) is 0. The maximum Gasteiger partial charge on any atom is 0.309 e. The predicted molar refractivity (Wildman–Crippen MR) is 56.8 cm³/mol. The van der Waals surface area contributed by atoms with E-state index in [1.165, 1.54) is 23.3 Å². The Morgan fingerprint density at radius 2 is 2.29 bits per heavy atom. The zero-order valence-corrected chi connectivity index (χ0v) is 9.91.